The monoisotopic (exact) mass is 230 g/mol. The van der Waals surface area contributed by atoms with Crippen LogP contribution in [-0.2, 0) is 19.3 Å². The molecule has 0 saturated heterocycles. The smallest absolute Gasteiger partial charge is 0.141 e. The second-order valence-electron chi connectivity index (χ2n) is 4.32. The minimum absolute atomic E-state index is 0.591. The number of benzene rings is 1. The summed E-state index contributed by atoms with van der Waals surface area (Å²) in [4.78, 5) is 0. The molecular formula is C13H14N2O2. The zero-order valence-corrected chi connectivity index (χ0v) is 9.58. The largest absolute Gasteiger partial charge is 0.493 e. The van der Waals surface area contributed by atoms with E-state index >= 15 is 0 Å². The summed E-state index contributed by atoms with van der Waals surface area (Å²) < 4.78 is 11.3. The number of nitrogens with zero attached hydrogens (tertiary/aromatic N) is 1. The summed E-state index contributed by atoms with van der Waals surface area (Å²) in [6.07, 6.45) is 2.45. The molecule has 2 heterocycles. The molecule has 1 aromatic rings. The van der Waals surface area contributed by atoms with Crippen LogP contribution in [0.2, 0.25) is 0 Å². The van der Waals surface area contributed by atoms with E-state index in [2.05, 4.69) is 6.07 Å². The summed E-state index contributed by atoms with van der Waals surface area (Å²) in [5, 5.41) is 9.28. The first-order valence-electron chi connectivity index (χ1n) is 5.93. The Labute approximate surface area is 99.9 Å². The molecule has 0 fully saturated rings. The first-order valence-corrected chi connectivity index (χ1v) is 5.93. The van der Waals surface area contributed by atoms with Crippen LogP contribution in [0.1, 0.15) is 22.3 Å². The molecule has 0 spiro atoms. The summed E-state index contributed by atoms with van der Waals surface area (Å²) in [5.74, 6) is 1.68. The lowest BCUT2D eigenvalue weighted by atomic mass is 9.93. The van der Waals surface area contributed by atoms with Crippen molar-refractivity contribution in [3.05, 3.63) is 22.3 Å². The number of ether oxygens (including phenoxy) is 2. The first kappa shape index (κ1) is 10.4. The van der Waals surface area contributed by atoms with Gasteiger partial charge in [-0.2, -0.15) is 5.26 Å². The van der Waals surface area contributed by atoms with Crippen molar-refractivity contribution in [1.29, 1.82) is 5.26 Å². The van der Waals surface area contributed by atoms with Crippen LogP contribution in [-0.4, -0.2) is 19.8 Å². The van der Waals surface area contributed by atoms with Crippen molar-refractivity contribution in [3.8, 4) is 17.6 Å². The second-order valence-corrected chi connectivity index (χ2v) is 4.32. The van der Waals surface area contributed by atoms with E-state index < -0.39 is 0 Å². The minimum atomic E-state index is 0.591. The van der Waals surface area contributed by atoms with E-state index in [0.29, 0.717) is 25.3 Å². The SMILES string of the molecule is N#Cc1c2c(c(CCN)c3c1OCC3)OCC2. The Morgan fingerprint density at radius 1 is 1.12 bits per heavy atom. The van der Waals surface area contributed by atoms with Gasteiger partial charge in [-0.3, -0.25) is 0 Å². The van der Waals surface area contributed by atoms with Crippen molar-refractivity contribution in [1.82, 2.24) is 0 Å². The number of nitriles is 1. The maximum atomic E-state index is 9.28. The van der Waals surface area contributed by atoms with E-state index in [1.54, 1.807) is 0 Å². The third-order valence-corrected chi connectivity index (χ3v) is 3.42. The summed E-state index contributed by atoms with van der Waals surface area (Å²) in [7, 11) is 0. The molecular weight excluding hydrogens is 216 g/mol. The van der Waals surface area contributed by atoms with Gasteiger partial charge in [-0.15, -0.1) is 0 Å². The van der Waals surface area contributed by atoms with E-state index in [-0.39, 0.29) is 0 Å². The van der Waals surface area contributed by atoms with Crippen molar-refractivity contribution in [2.45, 2.75) is 19.3 Å². The molecule has 2 N–H and O–H groups in total. The molecule has 0 aliphatic carbocycles. The Balaban J connectivity index is 2.27. The maximum absolute atomic E-state index is 9.28. The molecule has 0 atom stereocenters. The third kappa shape index (κ3) is 1.39. The van der Waals surface area contributed by atoms with Crippen LogP contribution in [0.4, 0.5) is 0 Å². The number of hydrogen-bond acceptors (Lipinski definition) is 4. The fourth-order valence-electron chi connectivity index (χ4n) is 2.73. The highest BCUT2D eigenvalue weighted by Crippen LogP contribution is 2.44. The van der Waals surface area contributed by atoms with Crippen LogP contribution < -0.4 is 15.2 Å². The summed E-state index contributed by atoms with van der Waals surface area (Å²) in [5.41, 5.74) is 9.63. The molecule has 0 amide bonds. The number of hydrogen-bond donors (Lipinski definition) is 1. The standard InChI is InChI=1S/C13H14N2O2/c14-4-1-8-9-2-5-17-13(9)11(7-15)10-3-6-16-12(8)10/h1-6,14H2. The molecule has 88 valence electrons. The number of rotatable bonds is 2. The van der Waals surface area contributed by atoms with Gasteiger partial charge in [0.2, 0.25) is 0 Å². The van der Waals surface area contributed by atoms with Crippen molar-refractivity contribution in [2.75, 3.05) is 19.8 Å². The van der Waals surface area contributed by atoms with Gasteiger partial charge in [0, 0.05) is 29.5 Å². The lowest BCUT2D eigenvalue weighted by Gasteiger charge is -2.13. The Kier molecular flexibility index (Phi) is 2.41. The van der Waals surface area contributed by atoms with Crippen molar-refractivity contribution in [2.24, 2.45) is 5.73 Å². The van der Waals surface area contributed by atoms with Gasteiger partial charge < -0.3 is 15.2 Å². The van der Waals surface area contributed by atoms with E-state index in [4.69, 9.17) is 15.2 Å². The van der Waals surface area contributed by atoms with Crippen molar-refractivity contribution >= 4 is 0 Å². The van der Waals surface area contributed by atoms with Gasteiger partial charge in [-0.1, -0.05) is 0 Å². The predicted molar refractivity (Wildman–Crippen MR) is 62.3 cm³/mol. The Hall–Kier alpha value is -1.73. The molecule has 2 aliphatic heterocycles. The van der Waals surface area contributed by atoms with Gasteiger partial charge in [0.05, 0.1) is 13.2 Å². The third-order valence-electron chi connectivity index (χ3n) is 3.42. The average molecular weight is 230 g/mol. The Bertz CT molecular complexity index is 482. The number of fused-ring (bicyclic) bond motifs is 2. The average Bonchev–Trinajstić information content (AvgIpc) is 2.96. The lowest BCUT2D eigenvalue weighted by molar-refractivity contribution is 0.353. The van der Waals surface area contributed by atoms with Crippen LogP contribution in [0.5, 0.6) is 11.5 Å². The van der Waals surface area contributed by atoms with Crippen molar-refractivity contribution < 1.29 is 9.47 Å². The highest BCUT2D eigenvalue weighted by atomic mass is 16.5. The molecule has 0 radical (unpaired) electrons. The highest BCUT2D eigenvalue weighted by Gasteiger charge is 2.30. The van der Waals surface area contributed by atoms with Crippen molar-refractivity contribution in [3.63, 3.8) is 0 Å². The highest BCUT2D eigenvalue weighted by molar-refractivity contribution is 5.65. The molecule has 0 unspecified atom stereocenters. The second kappa shape index (κ2) is 3.94. The summed E-state index contributed by atoms with van der Waals surface area (Å²) >= 11 is 0. The molecule has 4 heteroatoms. The minimum Gasteiger partial charge on any atom is -0.493 e. The van der Waals surface area contributed by atoms with E-state index in [1.807, 2.05) is 0 Å². The van der Waals surface area contributed by atoms with Crippen LogP contribution >= 0.6 is 0 Å². The maximum Gasteiger partial charge on any atom is 0.141 e. The molecule has 17 heavy (non-hydrogen) atoms. The van der Waals surface area contributed by atoms with Gasteiger partial charge in [-0.25, -0.2) is 0 Å². The number of nitrogens with two attached hydrogens (primary N) is 1. The lowest BCUT2D eigenvalue weighted by Crippen LogP contribution is -2.07. The molecule has 3 rings (SSSR count). The molecule has 0 aromatic heterocycles. The zero-order chi connectivity index (χ0) is 11.8. The predicted octanol–water partition coefficient (Wildman–Crippen LogP) is 0.929. The summed E-state index contributed by atoms with van der Waals surface area (Å²) in [6, 6.07) is 2.26. The fourth-order valence-corrected chi connectivity index (χ4v) is 2.73. The van der Waals surface area contributed by atoms with Gasteiger partial charge in [0.25, 0.3) is 0 Å². The Morgan fingerprint density at radius 3 is 2.53 bits per heavy atom. The van der Waals surface area contributed by atoms with Gasteiger partial charge in [-0.05, 0) is 13.0 Å². The van der Waals surface area contributed by atoms with Gasteiger partial charge in [0.15, 0.2) is 0 Å². The van der Waals surface area contributed by atoms with Gasteiger partial charge >= 0.3 is 0 Å². The van der Waals surface area contributed by atoms with E-state index in [0.717, 1.165) is 47.5 Å². The quantitative estimate of drug-likeness (QED) is 0.820. The van der Waals surface area contributed by atoms with E-state index in [9.17, 15) is 5.26 Å². The molecule has 1 aromatic carbocycles. The molecule has 2 aliphatic rings. The Morgan fingerprint density at radius 2 is 1.82 bits per heavy atom. The molecule has 4 nitrogen and oxygen atoms in total. The fraction of sp³-hybridized carbons (Fsp3) is 0.462. The van der Waals surface area contributed by atoms with Crippen LogP contribution in [0.3, 0.4) is 0 Å². The first-order chi connectivity index (χ1) is 8.36. The van der Waals surface area contributed by atoms with Crippen LogP contribution in [0, 0.1) is 11.3 Å². The van der Waals surface area contributed by atoms with Crippen LogP contribution in [0.15, 0.2) is 0 Å². The van der Waals surface area contributed by atoms with E-state index in [1.165, 1.54) is 0 Å². The van der Waals surface area contributed by atoms with Gasteiger partial charge in [0.1, 0.15) is 23.1 Å². The molecule has 0 saturated carbocycles. The summed E-state index contributed by atoms with van der Waals surface area (Å²) in [6.45, 7) is 1.91. The normalized spacial score (nSPS) is 15.8. The topological polar surface area (TPSA) is 68.3 Å². The molecule has 0 bridgehead atoms. The van der Waals surface area contributed by atoms with Crippen LogP contribution in [0.25, 0.3) is 0 Å². The zero-order valence-electron chi connectivity index (χ0n) is 9.58.